The molecular formula is C20H25FN2O4S. The standard InChI is InChI=1S/C20H25FN2O4S/c1-2-27-20(26)14-7-5-9-23(11-14)19(25)16-12-28-17(18(24)22-16)10-13-6-3-4-8-15(13)21/h3-4,6,8,14,16-17H,2,5,7,9-12H2,1H3,(H,22,24)/t14-,16+,17+/m1/s1. The number of rotatable bonds is 5. The molecule has 0 bridgehead atoms. The van der Waals surface area contributed by atoms with E-state index in [1.807, 2.05) is 0 Å². The number of likely N-dealkylation sites (tertiary alicyclic amines) is 1. The number of hydrogen-bond acceptors (Lipinski definition) is 5. The summed E-state index contributed by atoms with van der Waals surface area (Å²) in [5.41, 5.74) is 0.494. The van der Waals surface area contributed by atoms with Gasteiger partial charge in [-0.3, -0.25) is 14.4 Å². The molecule has 1 aromatic rings. The third-order valence-corrected chi connectivity index (χ3v) is 6.40. The lowest BCUT2D eigenvalue weighted by Gasteiger charge is -2.36. The Morgan fingerprint density at radius 3 is 2.86 bits per heavy atom. The van der Waals surface area contributed by atoms with Crippen LogP contribution >= 0.6 is 11.8 Å². The average Bonchev–Trinajstić information content (AvgIpc) is 2.71. The number of nitrogens with one attached hydrogen (secondary N) is 1. The van der Waals surface area contributed by atoms with Gasteiger partial charge in [0.05, 0.1) is 17.8 Å². The summed E-state index contributed by atoms with van der Waals surface area (Å²) in [5.74, 6) is -0.890. The molecule has 0 aromatic heterocycles. The smallest absolute Gasteiger partial charge is 0.310 e. The van der Waals surface area contributed by atoms with E-state index in [1.165, 1.54) is 17.8 Å². The van der Waals surface area contributed by atoms with Gasteiger partial charge in [0, 0.05) is 18.8 Å². The van der Waals surface area contributed by atoms with Crippen LogP contribution in [0.3, 0.4) is 0 Å². The Morgan fingerprint density at radius 1 is 1.36 bits per heavy atom. The van der Waals surface area contributed by atoms with Crippen LogP contribution in [-0.4, -0.2) is 59.4 Å². The molecule has 3 atom stereocenters. The Balaban J connectivity index is 1.56. The zero-order chi connectivity index (χ0) is 20.1. The lowest BCUT2D eigenvalue weighted by molar-refractivity contribution is -0.151. The molecule has 2 fully saturated rings. The number of ether oxygens (including phenoxy) is 1. The van der Waals surface area contributed by atoms with E-state index in [9.17, 15) is 18.8 Å². The fraction of sp³-hybridized carbons (Fsp3) is 0.550. The first-order valence-corrected chi connectivity index (χ1v) is 10.6. The van der Waals surface area contributed by atoms with Gasteiger partial charge in [-0.15, -0.1) is 11.8 Å². The highest BCUT2D eigenvalue weighted by molar-refractivity contribution is 8.00. The van der Waals surface area contributed by atoms with E-state index < -0.39 is 11.3 Å². The summed E-state index contributed by atoms with van der Waals surface area (Å²) in [6, 6.07) is 5.79. The van der Waals surface area contributed by atoms with Gasteiger partial charge < -0.3 is 15.0 Å². The zero-order valence-electron chi connectivity index (χ0n) is 15.9. The molecule has 0 saturated carbocycles. The van der Waals surface area contributed by atoms with Gasteiger partial charge in [0.15, 0.2) is 0 Å². The van der Waals surface area contributed by atoms with Gasteiger partial charge in [-0.2, -0.15) is 0 Å². The van der Waals surface area contributed by atoms with E-state index in [1.54, 1.807) is 30.0 Å². The van der Waals surface area contributed by atoms with Crippen molar-refractivity contribution in [2.24, 2.45) is 5.92 Å². The molecule has 28 heavy (non-hydrogen) atoms. The fourth-order valence-electron chi connectivity index (χ4n) is 3.59. The number of hydrogen-bond donors (Lipinski definition) is 1. The van der Waals surface area contributed by atoms with Crippen molar-refractivity contribution in [3.05, 3.63) is 35.6 Å². The largest absolute Gasteiger partial charge is 0.466 e. The van der Waals surface area contributed by atoms with Gasteiger partial charge in [-0.25, -0.2) is 4.39 Å². The second kappa shape index (κ2) is 9.41. The Labute approximate surface area is 168 Å². The number of nitrogens with zero attached hydrogens (tertiary/aromatic N) is 1. The summed E-state index contributed by atoms with van der Waals surface area (Å²) in [5, 5.41) is 2.36. The highest BCUT2D eigenvalue weighted by Gasteiger charge is 2.37. The minimum atomic E-state index is -0.615. The Bertz CT molecular complexity index is 745. The van der Waals surface area contributed by atoms with E-state index in [0.29, 0.717) is 43.9 Å². The number of thioether (sulfide) groups is 1. The number of amides is 2. The average molecular weight is 408 g/mol. The molecule has 0 radical (unpaired) electrons. The van der Waals surface area contributed by atoms with Crippen molar-refractivity contribution < 1.29 is 23.5 Å². The van der Waals surface area contributed by atoms with E-state index in [2.05, 4.69) is 5.32 Å². The molecule has 2 aliphatic heterocycles. The van der Waals surface area contributed by atoms with Crippen LogP contribution in [0.1, 0.15) is 25.3 Å². The van der Waals surface area contributed by atoms with Crippen LogP contribution in [0.5, 0.6) is 0 Å². The molecule has 0 unspecified atom stereocenters. The van der Waals surface area contributed by atoms with E-state index in [0.717, 1.165) is 6.42 Å². The van der Waals surface area contributed by atoms with E-state index >= 15 is 0 Å². The van der Waals surface area contributed by atoms with E-state index in [4.69, 9.17) is 4.74 Å². The van der Waals surface area contributed by atoms with Crippen LogP contribution in [0.25, 0.3) is 0 Å². The van der Waals surface area contributed by atoms with Crippen LogP contribution in [0.15, 0.2) is 24.3 Å². The van der Waals surface area contributed by atoms with E-state index in [-0.39, 0.29) is 29.5 Å². The Kier molecular flexibility index (Phi) is 6.93. The predicted molar refractivity (Wildman–Crippen MR) is 104 cm³/mol. The number of carbonyl (C=O) groups is 3. The highest BCUT2D eigenvalue weighted by Crippen LogP contribution is 2.25. The van der Waals surface area contributed by atoms with Gasteiger partial charge in [0.25, 0.3) is 0 Å². The summed E-state index contributed by atoms with van der Waals surface area (Å²) in [4.78, 5) is 38.9. The number of esters is 1. The normalized spacial score (nSPS) is 25.1. The van der Waals surface area contributed by atoms with Crippen LogP contribution in [-0.2, 0) is 25.5 Å². The Morgan fingerprint density at radius 2 is 2.14 bits per heavy atom. The molecule has 152 valence electrons. The molecule has 3 rings (SSSR count). The van der Waals surface area contributed by atoms with Crippen molar-refractivity contribution in [2.75, 3.05) is 25.4 Å². The zero-order valence-corrected chi connectivity index (χ0v) is 16.7. The second-order valence-electron chi connectivity index (χ2n) is 7.05. The lowest BCUT2D eigenvalue weighted by atomic mass is 9.97. The van der Waals surface area contributed by atoms with Gasteiger partial charge in [-0.05, 0) is 37.8 Å². The number of benzene rings is 1. The Hall–Kier alpha value is -2.09. The van der Waals surface area contributed by atoms with Crippen molar-refractivity contribution >= 4 is 29.5 Å². The molecule has 8 heteroatoms. The first-order chi connectivity index (χ1) is 13.5. The molecular weight excluding hydrogens is 383 g/mol. The summed E-state index contributed by atoms with van der Waals surface area (Å²) < 4.78 is 18.9. The minimum Gasteiger partial charge on any atom is -0.466 e. The maximum Gasteiger partial charge on any atom is 0.310 e. The number of carbonyl (C=O) groups excluding carboxylic acids is 3. The maximum absolute atomic E-state index is 13.8. The van der Waals surface area contributed by atoms with Crippen molar-refractivity contribution in [1.29, 1.82) is 0 Å². The van der Waals surface area contributed by atoms with Gasteiger partial charge >= 0.3 is 5.97 Å². The molecule has 0 aliphatic carbocycles. The molecule has 2 amide bonds. The van der Waals surface area contributed by atoms with Crippen molar-refractivity contribution in [2.45, 2.75) is 37.5 Å². The van der Waals surface area contributed by atoms with Crippen LogP contribution in [0.4, 0.5) is 4.39 Å². The third kappa shape index (κ3) is 4.84. The molecule has 2 saturated heterocycles. The molecule has 1 aromatic carbocycles. The summed E-state index contributed by atoms with van der Waals surface area (Å²) in [7, 11) is 0. The van der Waals surface area contributed by atoms with Crippen molar-refractivity contribution in [1.82, 2.24) is 10.2 Å². The predicted octanol–water partition coefficient (Wildman–Crippen LogP) is 1.77. The molecule has 6 nitrogen and oxygen atoms in total. The maximum atomic E-state index is 13.8. The SMILES string of the molecule is CCOC(=O)[C@@H]1CCCN(C(=O)[C@@H]2CS[C@@H](Cc3ccccc3F)C(=O)N2)C1. The van der Waals surface area contributed by atoms with Gasteiger partial charge in [-0.1, -0.05) is 18.2 Å². The van der Waals surface area contributed by atoms with Gasteiger partial charge in [0.1, 0.15) is 11.9 Å². The summed E-state index contributed by atoms with van der Waals surface area (Å²) >= 11 is 1.37. The lowest BCUT2D eigenvalue weighted by Crippen LogP contribution is -2.57. The highest BCUT2D eigenvalue weighted by atomic mass is 32.2. The first kappa shape index (κ1) is 20.6. The molecule has 2 aliphatic rings. The second-order valence-corrected chi connectivity index (χ2v) is 8.29. The molecule has 2 heterocycles. The molecule has 0 spiro atoms. The van der Waals surface area contributed by atoms with Crippen LogP contribution in [0, 0.1) is 11.7 Å². The van der Waals surface area contributed by atoms with Crippen molar-refractivity contribution in [3.63, 3.8) is 0 Å². The monoisotopic (exact) mass is 408 g/mol. The number of piperidine rings is 1. The van der Waals surface area contributed by atoms with Crippen LogP contribution in [0.2, 0.25) is 0 Å². The van der Waals surface area contributed by atoms with Gasteiger partial charge in [0.2, 0.25) is 11.8 Å². The molecule has 1 N–H and O–H groups in total. The number of halogens is 1. The topological polar surface area (TPSA) is 75.7 Å². The van der Waals surface area contributed by atoms with Crippen LogP contribution < -0.4 is 5.32 Å². The minimum absolute atomic E-state index is 0.167. The first-order valence-electron chi connectivity index (χ1n) is 9.60. The quantitative estimate of drug-likeness (QED) is 0.752. The fourth-order valence-corrected chi connectivity index (χ4v) is 4.76. The summed E-state index contributed by atoms with van der Waals surface area (Å²) in [6.07, 6.45) is 1.73. The van der Waals surface area contributed by atoms with Crippen molar-refractivity contribution in [3.8, 4) is 0 Å². The summed E-state index contributed by atoms with van der Waals surface area (Å²) in [6.45, 7) is 2.98. The third-order valence-electron chi connectivity index (χ3n) is 5.09.